The summed E-state index contributed by atoms with van der Waals surface area (Å²) in [5, 5.41) is 9.25. The van der Waals surface area contributed by atoms with E-state index in [1.807, 2.05) is 47.9 Å². The number of nitrogens with zero attached hydrogens (tertiary/aromatic N) is 4. The molecule has 0 bridgehead atoms. The van der Waals surface area contributed by atoms with Crippen LogP contribution in [0.4, 0.5) is 0 Å². The lowest BCUT2D eigenvalue weighted by molar-refractivity contribution is -0.139. The van der Waals surface area contributed by atoms with Crippen molar-refractivity contribution in [2.45, 2.75) is 19.0 Å². The van der Waals surface area contributed by atoms with Gasteiger partial charge in [-0.2, -0.15) is 0 Å². The molecule has 0 radical (unpaired) electrons. The van der Waals surface area contributed by atoms with E-state index in [-0.39, 0.29) is 11.7 Å². The Morgan fingerprint density at radius 2 is 2.04 bits per heavy atom. The van der Waals surface area contributed by atoms with Crippen molar-refractivity contribution >= 4 is 17.7 Å². The molecule has 0 aliphatic carbocycles. The largest absolute Gasteiger partial charge is 0.465 e. The highest BCUT2D eigenvalue weighted by Crippen LogP contribution is 2.29. The van der Waals surface area contributed by atoms with Crippen LogP contribution in [0.1, 0.15) is 12.5 Å². The van der Waals surface area contributed by atoms with Gasteiger partial charge in [0.2, 0.25) is 0 Å². The normalized spacial score (nSPS) is 10.6. The maximum Gasteiger partial charge on any atom is 0.316 e. The number of carbonyl (C=O) groups excluding carboxylic acids is 1. The number of rotatable bonds is 6. The fourth-order valence-electron chi connectivity index (χ4n) is 2.40. The SMILES string of the molecule is CCOC(=O)CSc1nnc(-c2cccnc2)n1-c1ccccc1C. The van der Waals surface area contributed by atoms with Crippen LogP contribution in [0.5, 0.6) is 0 Å². The second-order valence-corrected chi connectivity index (χ2v) is 6.21. The van der Waals surface area contributed by atoms with Crippen LogP contribution < -0.4 is 0 Å². The Morgan fingerprint density at radius 3 is 2.76 bits per heavy atom. The number of aryl methyl sites for hydroxylation is 1. The van der Waals surface area contributed by atoms with Crippen LogP contribution in [0.25, 0.3) is 17.1 Å². The van der Waals surface area contributed by atoms with Gasteiger partial charge in [0.05, 0.1) is 18.0 Å². The first-order valence-electron chi connectivity index (χ1n) is 7.91. The van der Waals surface area contributed by atoms with E-state index >= 15 is 0 Å². The Hall–Kier alpha value is -2.67. The lowest BCUT2D eigenvalue weighted by Crippen LogP contribution is -2.08. The highest BCUT2D eigenvalue weighted by atomic mass is 32.2. The van der Waals surface area contributed by atoms with E-state index in [9.17, 15) is 4.79 Å². The Morgan fingerprint density at radius 1 is 1.20 bits per heavy atom. The van der Waals surface area contributed by atoms with Gasteiger partial charge < -0.3 is 4.74 Å². The molecule has 6 nitrogen and oxygen atoms in total. The number of ether oxygens (including phenoxy) is 1. The number of aromatic nitrogens is 4. The molecule has 2 aromatic heterocycles. The van der Waals surface area contributed by atoms with Crippen molar-refractivity contribution in [3.8, 4) is 17.1 Å². The minimum absolute atomic E-state index is 0.185. The first-order valence-corrected chi connectivity index (χ1v) is 8.89. The maximum absolute atomic E-state index is 11.7. The van der Waals surface area contributed by atoms with Crippen LogP contribution >= 0.6 is 11.8 Å². The summed E-state index contributed by atoms with van der Waals surface area (Å²) in [6, 6.07) is 11.8. The molecule has 1 aromatic carbocycles. The number of para-hydroxylation sites is 1. The molecule has 0 atom stereocenters. The van der Waals surface area contributed by atoms with E-state index in [1.54, 1.807) is 19.3 Å². The van der Waals surface area contributed by atoms with Gasteiger partial charge in [0.25, 0.3) is 0 Å². The molecule has 0 fully saturated rings. The summed E-state index contributed by atoms with van der Waals surface area (Å²) in [5.74, 6) is 0.605. The van der Waals surface area contributed by atoms with Gasteiger partial charge in [-0.05, 0) is 37.6 Å². The zero-order chi connectivity index (χ0) is 17.6. The zero-order valence-corrected chi connectivity index (χ0v) is 14.9. The molecule has 0 amide bonds. The molecule has 2 heterocycles. The van der Waals surface area contributed by atoms with Crippen molar-refractivity contribution in [2.75, 3.05) is 12.4 Å². The smallest absolute Gasteiger partial charge is 0.316 e. The summed E-state index contributed by atoms with van der Waals surface area (Å²) in [7, 11) is 0. The van der Waals surface area contributed by atoms with Gasteiger partial charge in [0, 0.05) is 18.0 Å². The van der Waals surface area contributed by atoms with E-state index in [1.165, 1.54) is 11.8 Å². The van der Waals surface area contributed by atoms with Crippen molar-refractivity contribution in [2.24, 2.45) is 0 Å². The molecule has 0 unspecified atom stereocenters. The Kier molecular flexibility index (Phi) is 5.45. The van der Waals surface area contributed by atoms with Gasteiger partial charge >= 0.3 is 5.97 Å². The minimum atomic E-state index is -0.269. The predicted molar refractivity (Wildman–Crippen MR) is 96.7 cm³/mol. The number of hydrogen-bond acceptors (Lipinski definition) is 6. The van der Waals surface area contributed by atoms with Crippen molar-refractivity contribution in [3.05, 3.63) is 54.4 Å². The summed E-state index contributed by atoms with van der Waals surface area (Å²) in [5.41, 5.74) is 2.92. The van der Waals surface area contributed by atoms with Crippen LogP contribution in [-0.2, 0) is 9.53 Å². The lowest BCUT2D eigenvalue weighted by atomic mass is 10.2. The first kappa shape index (κ1) is 17.2. The van der Waals surface area contributed by atoms with Crippen LogP contribution in [-0.4, -0.2) is 38.1 Å². The van der Waals surface area contributed by atoms with Gasteiger partial charge in [-0.15, -0.1) is 10.2 Å². The highest BCUT2D eigenvalue weighted by Gasteiger charge is 2.18. The Labute approximate surface area is 150 Å². The summed E-state index contributed by atoms with van der Waals surface area (Å²) in [4.78, 5) is 15.9. The van der Waals surface area contributed by atoms with E-state index < -0.39 is 0 Å². The third-order valence-corrected chi connectivity index (χ3v) is 4.44. The van der Waals surface area contributed by atoms with Crippen LogP contribution in [0.15, 0.2) is 53.9 Å². The average Bonchev–Trinajstić information content (AvgIpc) is 3.05. The number of carbonyl (C=O) groups is 1. The van der Waals surface area contributed by atoms with Crippen molar-refractivity contribution in [1.29, 1.82) is 0 Å². The molecular weight excluding hydrogens is 336 g/mol. The van der Waals surface area contributed by atoms with E-state index in [0.717, 1.165) is 16.8 Å². The third kappa shape index (κ3) is 3.88. The number of esters is 1. The second-order valence-electron chi connectivity index (χ2n) is 5.26. The fourth-order valence-corrected chi connectivity index (χ4v) is 3.15. The van der Waals surface area contributed by atoms with Crippen molar-refractivity contribution in [3.63, 3.8) is 0 Å². The molecule has 3 rings (SSSR count). The van der Waals surface area contributed by atoms with Gasteiger partial charge in [-0.3, -0.25) is 14.3 Å². The molecule has 25 heavy (non-hydrogen) atoms. The molecule has 7 heteroatoms. The van der Waals surface area contributed by atoms with Gasteiger partial charge in [-0.25, -0.2) is 0 Å². The number of thioether (sulfide) groups is 1. The predicted octanol–water partition coefficient (Wildman–Crippen LogP) is 3.29. The molecule has 0 N–H and O–H groups in total. The highest BCUT2D eigenvalue weighted by molar-refractivity contribution is 7.99. The van der Waals surface area contributed by atoms with Gasteiger partial charge in [0.15, 0.2) is 11.0 Å². The third-order valence-electron chi connectivity index (χ3n) is 3.53. The average molecular weight is 354 g/mol. The Balaban J connectivity index is 2.03. The van der Waals surface area contributed by atoms with E-state index in [0.29, 0.717) is 17.6 Å². The molecule has 0 spiro atoms. The van der Waals surface area contributed by atoms with Crippen LogP contribution in [0, 0.1) is 6.92 Å². The Bertz CT molecular complexity index is 865. The van der Waals surface area contributed by atoms with Crippen LogP contribution in [0.3, 0.4) is 0 Å². The quantitative estimate of drug-likeness (QED) is 0.500. The standard InChI is InChI=1S/C18H18N4O2S/c1-3-24-16(23)12-25-18-21-20-17(14-8-6-10-19-11-14)22(18)15-9-5-4-7-13(15)2/h4-11H,3,12H2,1-2H3. The number of benzene rings is 1. The van der Waals surface area contributed by atoms with Crippen molar-refractivity contribution < 1.29 is 9.53 Å². The zero-order valence-electron chi connectivity index (χ0n) is 14.0. The lowest BCUT2D eigenvalue weighted by Gasteiger charge is -2.12. The van der Waals surface area contributed by atoms with Crippen LogP contribution in [0.2, 0.25) is 0 Å². The molecule has 0 aliphatic rings. The van der Waals surface area contributed by atoms with Gasteiger partial charge in [0.1, 0.15) is 0 Å². The van der Waals surface area contributed by atoms with Gasteiger partial charge in [-0.1, -0.05) is 30.0 Å². The summed E-state index contributed by atoms with van der Waals surface area (Å²) < 4.78 is 6.95. The maximum atomic E-state index is 11.7. The summed E-state index contributed by atoms with van der Waals surface area (Å²) in [6.45, 7) is 4.19. The fraction of sp³-hybridized carbons (Fsp3) is 0.222. The van der Waals surface area contributed by atoms with E-state index in [2.05, 4.69) is 15.2 Å². The minimum Gasteiger partial charge on any atom is -0.465 e. The first-order chi connectivity index (χ1) is 12.2. The molecule has 0 saturated carbocycles. The summed E-state index contributed by atoms with van der Waals surface area (Å²) >= 11 is 1.31. The molecule has 3 aromatic rings. The second kappa shape index (κ2) is 7.94. The van der Waals surface area contributed by atoms with Crippen molar-refractivity contribution in [1.82, 2.24) is 19.7 Å². The molecular formula is C18H18N4O2S. The summed E-state index contributed by atoms with van der Waals surface area (Å²) in [6.07, 6.45) is 3.47. The molecule has 0 saturated heterocycles. The number of hydrogen-bond donors (Lipinski definition) is 0. The van der Waals surface area contributed by atoms with E-state index in [4.69, 9.17) is 4.74 Å². The molecule has 0 aliphatic heterocycles. The molecule has 128 valence electrons. The number of pyridine rings is 1. The monoisotopic (exact) mass is 354 g/mol. The topological polar surface area (TPSA) is 69.9 Å².